The zero-order valence-corrected chi connectivity index (χ0v) is 10.7. The Labute approximate surface area is 110 Å². The van der Waals surface area contributed by atoms with Crippen LogP contribution >= 0.6 is 23.2 Å². The zero-order chi connectivity index (χ0) is 12.4. The van der Waals surface area contributed by atoms with E-state index in [1.807, 2.05) is 19.1 Å². The molecule has 0 spiro atoms. The van der Waals surface area contributed by atoms with E-state index in [0.717, 1.165) is 5.69 Å². The molecule has 1 aromatic heterocycles. The van der Waals surface area contributed by atoms with E-state index in [2.05, 4.69) is 4.98 Å². The summed E-state index contributed by atoms with van der Waals surface area (Å²) in [5.41, 5.74) is 2.28. The lowest BCUT2D eigenvalue weighted by atomic mass is 10.0. The van der Waals surface area contributed by atoms with Gasteiger partial charge in [0, 0.05) is 27.5 Å². The molecule has 0 aliphatic rings. The molecule has 2 rings (SSSR count). The van der Waals surface area contributed by atoms with Crippen LogP contribution < -0.4 is 0 Å². The van der Waals surface area contributed by atoms with Crippen molar-refractivity contribution in [2.75, 3.05) is 0 Å². The second kappa shape index (κ2) is 5.05. The topological polar surface area (TPSA) is 33.1 Å². The minimum absolute atomic E-state index is 0.506. The number of benzene rings is 1. The van der Waals surface area contributed by atoms with Crippen LogP contribution in [0.25, 0.3) is 0 Å². The van der Waals surface area contributed by atoms with Crippen molar-refractivity contribution in [3.05, 3.63) is 63.4 Å². The van der Waals surface area contributed by atoms with Gasteiger partial charge in [-0.25, -0.2) is 0 Å². The molecular formula is C13H11Cl2NO. The SMILES string of the molecule is Cc1ccc(C(O)c2cc(Cl)cc(Cl)c2)cn1. The van der Waals surface area contributed by atoms with E-state index in [1.165, 1.54) is 0 Å². The summed E-state index contributed by atoms with van der Waals surface area (Å²) in [5.74, 6) is 0. The molecule has 0 saturated carbocycles. The van der Waals surface area contributed by atoms with Gasteiger partial charge in [0.1, 0.15) is 6.10 Å². The van der Waals surface area contributed by atoms with Gasteiger partial charge in [-0.3, -0.25) is 4.98 Å². The molecule has 1 atom stereocenters. The molecule has 1 aromatic carbocycles. The molecule has 0 amide bonds. The molecule has 0 radical (unpaired) electrons. The Kier molecular flexibility index (Phi) is 3.67. The summed E-state index contributed by atoms with van der Waals surface area (Å²) in [6.45, 7) is 1.90. The first-order chi connectivity index (χ1) is 8.06. The van der Waals surface area contributed by atoms with E-state index in [9.17, 15) is 5.11 Å². The van der Waals surface area contributed by atoms with Crippen molar-refractivity contribution in [1.29, 1.82) is 0 Å². The van der Waals surface area contributed by atoms with Crippen molar-refractivity contribution in [3.63, 3.8) is 0 Å². The summed E-state index contributed by atoms with van der Waals surface area (Å²) in [7, 11) is 0. The maximum atomic E-state index is 10.2. The Hall–Kier alpha value is -1.09. The number of aliphatic hydroxyl groups is 1. The van der Waals surface area contributed by atoms with Gasteiger partial charge in [0.2, 0.25) is 0 Å². The fourth-order valence-corrected chi connectivity index (χ4v) is 2.11. The molecule has 17 heavy (non-hydrogen) atoms. The number of aliphatic hydroxyl groups excluding tert-OH is 1. The number of rotatable bonds is 2. The van der Waals surface area contributed by atoms with Crippen LogP contribution in [0.4, 0.5) is 0 Å². The molecule has 0 bridgehead atoms. The summed E-state index contributed by atoms with van der Waals surface area (Å²) < 4.78 is 0. The highest BCUT2D eigenvalue weighted by atomic mass is 35.5. The maximum absolute atomic E-state index is 10.2. The third-order valence-corrected chi connectivity index (χ3v) is 2.89. The number of hydrogen-bond acceptors (Lipinski definition) is 2. The Morgan fingerprint density at radius 3 is 2.24 bits per heavy atom. The van der Waals surface area contributed by atoms with Gasteiger partial charge in [0.25, 0.3) is 0 Å². The zero-order valence-electron chi connectivity index (χ0n) is 9.19. The lowest BCUT2D eigenvalue weighted by Crippen LogP contribution is -2.00. The number of aromatic nitrogens is 1. The Balaban J connectivity index is 2.36. The van der Waals surface area contributed by atoms with Crippen molar-refractivity contribution in [1.82, 2.24) is 4.98 Å². The van der Waals surface area contributed by atoms with Gasteiger partial charge in [-0.2, -0.15) is 0 Å². The predicted octanol–water partition coefficient (Wildman–Crippen LogP) is 3.78. The van der Waals surface area contributed by atoms with E-state index in [-0.39, 0.29) is 0 Å². The lowest BCUT2D eigenvalue weighted by Gasteiger charge is -2.12. The van der Waals surface area contributed by atoms with Crippen LogP contribution in [0, 0.1) is 6.92 Å². The normalized spacial score (nSPS) is 12.5. The quantitative estimate of drug-likeness (QED) is 0.899. The summed E-state index contributed by atoms with van der Waals surface area (Å²) in [5, 5.41) is 11.2. The number of pyridine rings is 1. The van der Waals surface area contributed by atoms with E-state index in [4.69, 9.17) is 23.2 Å². The molecule has 4 heteroatoms. The molecule has 0 aliphatic heterocycles. The molecular weight excluding hydrogens is 257 g/mol. The van der Waals surface area contributed by atoms with E-state index in [1.54, 1.807) is 24.4 Å². The molecule has 2 aromatic rings. The number of aryl methyl sites for hydroxylation is 1. The fourth-order valence-electron chi connectivity index (χ4n) is 1.57. The predicted molar refractivity (Wildman–Crippen MR) is 69.5 cm³/mol. The van der Waals surface area contributed by atoms with Crippen LogP contribution in [-0.2, 0) is 0 Å². The molecule has 0 aliphatic carbocycles. The first-order valence-electron chi connectivity index (χ1n) is 5.13. The average molecular weight is 268 g/mol. The largest absolute Gasteiger partial charge is 0.384 e. The number of hydrogen-bond donors (Lipinski definition) is 1. The van der Waals surface area contributed by atoms with E-state index in [0.29, 0.717) is 21.2 Å². The molecule has 1 unspecified atom stereocenters. The minimum Gasteiger partial charge on any atom is -0.384 e. The van der Waals surface area contributed by atoms with Gasteiger partial charge < -0.3 is 5.11 Å². The van der Waals surface area contributed by atoms with Crippen LogP contribution in [0.15, 0.2) is 36.5 Å². The molecule has 2 nitrogen and oxygen atoms in total. The summed E-state index contributed by atoms with van der Waals surface area (Å²) in [6.07, 6.45) is 0.883. The second-order valence-corrected chi connectivity index (χ2v) is 4.71. The third-order valence-electron chi connectivity index (χ3n) is 2.45. The molecule has 0 fully saturated rings. The monoisotopic (exact) mass is 267 g/mol. The second-order valence-electron chi connectivity index (χ2n) is 3.84. The van der Waals surface area contributed by atoms with Crippen molar-refractivity contribution in [2.45, 2.75) is 13.0 Å². The van der Waals surface area contributed by atoms with Crippen LogP contribution in [0.2, 0.25) is 10.0 Å². The fraction of sp³-hybridized carbons (Fsp3) is 0.154. The van der Waals surface area contributed by atoms with Gasteiger partial charge in [-0.05, 0) is 36.8 Å². The molecule has 1 heterocycles. The van der Waals surface area contributed by atoms with Gasteiger partial charge in [-0.15, -0.1) is 0 Å². The first kappa shape index (κ1) is 12.4. The number of nitrogens with zero attached hydrogens (tertiary/aromatic N) is 1. The van der Waals surface area contributed by atoms with Gasteiger partial charge in [0.05, 0.1) is 0 Å². The van der Waals surface area contributed by atoms with Crippen molar-refractivity contribution >= 4 is 23.2 Å². The minimum atomic E-state index is -0.765. The molecule has 1 N–H and O–H groups in total. The highest BCUT2D eigenvalue weighted by Gasteiger charge is 2.12. The van der Waals surface area contributed by atoms with Gasteiger partial charge in [0.15, 0.2) is 0 Å². The van der Waals surface area contributed by atoms with Gasteiger partial charge >= 0.3 is 0 Å². The van der Waals surface area contributed by atoms with Crippen LogP contribution in [-0.4, -0.2) is 10.1 Å². The highest BCUT2D eigenvalue weighted by molar-refractivity contribution is 6.34. The smallest absolute Gasteiger partial charge is 0.106 e. The van der Waals surface area contributed by atoms with Crippen LogP contribution in [0.3, 0.4) is 0 Å². The first-order valence-corrected chi connectivity index (χ1v) is 5.88. The highest BCUT2D eigenvalue weighted by Crippen LogP contribution is 2.27. The standard InChI is InChI=1S/C13H11Cl2NO/c1-8-2-3-9(7-16-8)13(17)10-4-11(14)6-12(15)5-10/h2-7,13,17H,1H3. The van der Waals surface area contributed by atoms with E-state index < -0.39 is 6.10 Å². The summed E-state index contributed by atoms with van der Waals surface area (Å²) >= 11 is 11.8. The van der Waals surface area contributed by atoms with Gasteiger partial charge in [-0.1, -0.05) is 29.3 Å². The lowest BCUT2D eigenvalue weighted by molar-refractivity contribution is 0.220. The Morgan fingerprint density at radius 1 is 1.06 bits per heavy atom. The summed E-state index contributed by atoms with van der Waals surface area (Å²) in [6, 6.07) is 8.70. The average Bonchev–Trinajstić information content (AvgIpc) is 2.28. The number of halogens is 2. The van der Waals surface area contributed by atoms with Crippen molar-refractivity contribution < 1.29 is 5.11 Å². The third kappa shape index (κ3) is 2.97. The molecule has 88 valence electrons. The van der Waals surface area contributed by atoms with Crippen LogP contribution in [0.1, 0.15) is 22.9 Å². The van der Waals surface area contributed by atoms with Crippen LogP contribution in [0.5, 0.6) is 0 Å². The Morgan fingerprint density at radius 2 is 1.71 bits per heavy atom. The van der Waals surface area contributed by atoms with Crippen molar-refractivity contribution in [2.24, 2.45) is 0 Å². The summed E-state index contributed by atoms with van der Waals surface area (Å²) in [4.78, 5) is 4.14. The van der Waals surface area contributed by atoms with E-state index >= 15 is 0 Å². The van der Waals surface area contributed by atoms with Crippen molar-refractivity contribution in [3.8, 4) is 0 Å². The molecule has 0 saturated heterocycles. The maximum Gasteiger partial charge on any atom is 0.106 e. The Bertz CT molecular complexity index is 505.